The zero-order valence-electron chi connectivity index (χ0n) is 9.65. The minimum absolute atomic E-state index is 0.569. The molecule has 2 heterocycles. The number of benzene rings is 1. The van der Waals surface area contributed by atoms with E-state index < -0.39 is 0 Å². The second-order valence-corrected chi connectivity index (χ2v) is 5.75. The minimum Gasteiger partial charge on any atom is -0.489 e. The van der Waals surface area contributed by atoms with Crippen LogP contribution in [-0.2, 0) is 4.74 Å². The van der Waals surface area contributed by atoms with Crippen LogP contribution in [-0.4, -0.2) is 6.61 Å². The van der Waals surface area contributed by atoms with E-state index in [2.05, 4.69) is 18.7 Å². The largest absolute Gasteiger partial charge is 0.489 e. The molecule has 0 saturated heterocycles. The number of hydrogen-bond acceptors (Lipinski definition) is 2. The Balaban J connectivity index is 2.15. The molecule has 0 fully saturated rings. The van der Waals surface area contributed by atoms with Crippen molar-refractivity contribution in [3.63, 3.8) is 0 Å². The van der Waals surface area contributed by atoms with Crippen molar-refractivity contribution in [1.29, 1.82) is 0 Å². The zero-order chi connectivity index (χ0) is 12.5. The third kappa shape index (κ3) is 1.98. The van der Waals surface area contributed by atoms with Crippen LogP contribution in [0, 0.1) is 0 Å². The smallest absolute Gasteiger partial charge is 0.120 e. The van der Waals surface area contributed by atoms with Gasteiger partial charge in [-0.3, -0.25) is 0 Å². The quantitative estimate of drug-likeness (QED) is 0.760. The van der Waals surface area contributed by atoms with Gasteiger partial charge < -0.3 is 4.74 Å². The molecule has 0 saturated carbocycles. The highest BCUT2D eigenvalue weighted by Crippen LogP contribution is 2.40. The van der Waals surface area contributed by atoms with Crippen LogP contribution in [0.4, 0.5) is 0 Å². The van der Waals surface area contributed by atoms with Crippen molar-refractivity contribution < 1.29 is 4.74 Å². The van der Waals surface area contributed by atoms with Gasteiger partial charge in [-0.15, -0.1) is 11.3 Å². The average Bonchev–Trinajstić information content (AvgIpc) is 2.96. The SMILES string of the molecule is C=C1OCC(c2ccc(Cl)s2)=C1c1ccccc1. The van der Waals surface area contributed by atoms with E-state index in [1.807, 2.05) is 30.3 Å². The summed E-state index contributed by atoms with van der Waals surface area (Å²) in [7, 11) is 0. The lowest BCUT2D eigenvalue weighted by atomic mass is 10.00. The molecule has 0 bridgehead atoms. The van der Waals surface area contributed by atoms with Crippen LogP contribution in [0.15, 0.2) is 54.8 Å². The fourth-order valence-electron chi connectivity index (χ4n) is 2.08. The molecule has 1 aromatic carbocycles. The Morgan fingerprint density at radius 2 is 1.89 bits per heavy atom. The summed E-state index contributed by atoms with van der Waals surface area (Å²) in [5.74, 6) is 0.737. The summed E-state index contributed by atoms with van der Waals surface area (Å²) < 4.78 is 6.39. The normalized spacial score (nSPS) is 15.1. The molecule has 18 heavy (non-hydrogen) atoms. The van der Waals surface area contributed by atoms with Gasteiger partial charge in [0.15, 0.2) is 0 Å². The molecule has 1 aromatic heterocycles. The molecule has 0 unspecified atom stereocenters. The lowest BCUT2D eigenvalue weighted by Gasteiger charge is -2.04. The second kappa shape index (κ2) is 4.63. The molecule has 90 valence electrons. The number of ether oxygens (including phenoxy) is 1. The second-order valence-electron chi connectivity index (χ2n) is 4.04. The number of halogens is 1. The molecule has 0 spiro atoms. The highest BCUT2D eigenvalue weighted by atomic mass is 35.5. The lowest BCUT2D eigenvalue weighted by molar-refractivity contribution is 0.286. The topological polar surface area (TPSA) is 9.23 Å². The maximum Gasteiger partial charge on any atom is 0.120 e. The molecule has 0 N–H and O–H groups in total. The molecule has 0 aliphatic carbocycles. The summed E-state index contributed by atoms with van der Waals surface area (Å²) in [4.78, 5) is 1.15. The van der Waals surface area contributed by atoms with Gasteiger partial charge in [-0.25, -0.2) is 0 Å². The van der Waals surface area contributed by atoms with Crippen molar-refractivity contribution in [2.24, 2.45) is 0 Å². The lowest BCUT2D eigenvalue weighted by Crippen LogP contribution is -1.86. The Morgan fingerprint density at radius 1 is 1.11 bits per heavy atom. The van der Waals surface area contributed by atoms with E-state index in [4.69, 9.17) is 16.3 Å². The van der Waals surface area contributed by atoms with E-state index in [1.54, 1.807) is 11.3 Å². The molecule has 1 nitrogen and oxygen atoms in total. The van der Waals surface area contributed by atoms with Gasteiger partial charge in [0, 0.05) is 16.0 Å². The van der Waals surface area contributed by atoms with Gasteiger partial charge in [0.05, 0.1) is 4.34 Å². The summed E-state index contributed by atoms with van der Waals surface area (Å²) in [5.41, 5.74) is 3.40. The predicted octanol–water partition coefficient (Wildman–Crippen LogP) is 4.86. The first kappa shape index (κ1) is 11.6. The Kier molecular flexibility index (Phi) is 2.98. The van der Waals surface area contributed by atoms with E-state index in [-0.39, 0.29) is 0 Å². The summed E-state index contributed by atoms with van der Waals surface area (Å²) >= 11 is 7.57. The molecule has 2 aromatic rings. The first-order chi connectivity index (χ1) is 8.75. The van der Waals surface area contributed by atoms with Gasteiger partial charge in [-0.05, 0) is 17.7 Å². The van der Waals surface area contributed by atoms with E-state index in [0.29, 0.717) is 6.61 Å². The first-order valence-electron chi connectivity index (χ1n) is 5.62. The molecule has 3 heteroatoms. The Bertz CT molecular complexity index is 625. The van der Waals surface area contributed by atoms with Crippen molar-refractivity contribution in [1.82, 2.24) is 0 Å². The monoisotopic (exact) mass is 274 g/mol. The van der Waals surface area contributed by atoms with E-state index in [1.165, 1.54) is 5.57 Å². The number of allylic oxidation sites excluding steroid dienone is 1. The average molecular weight is 275 g/mol. The van der Waals surface area contributed by atoms with Crippen LogP contribution in [0.25, 0.3) is 11.1 Å². The van der Waals surface area contributed by atoms with Gasteiger partial charge in [-0.1, -0.05) is 48.5 Å². The summed E-state index contributed by atoms with van der Waals surface area (Å²) in [6.45, 7) is 4.56. The van der Waals surface area contributed by atoms with Crippen molar-refractivity contribution in [3.05, 3.63) is 69.6 Å². The van der Waals surface area contributed by atoms with Gasteiger partial charge >= 0.3 is 0 Å². The van der Waals surface area contributed by atoms with Gasteiger partial charge in [0.1, 0.15) is 12.4 Å². The van der Waals surface area contributed by atoms with Crippen LogP contribution >= 0.6 is 22.9 Å². The minimum atomic E-state index is 0.569. The molecule has 0 amide bonds. The van der Waals surface area contributed by atoms with Crippen LogP contribution in [0.2, 0.25) is 4.34 Å². The third-order valence-electron chi connectivity index (χ3n) is 2.90. The van der Waals surface area contributed by atoms with Crippen LogP contribution in [0.5, 0.6) is 0 Å². The zero-order valence-corrected chi connectivity index (χ0v) is 11.2. The van der Waals surface area contributed by atoms with Gasteiger partial charge in [-0.2, -0.15) is 0 Å². The molecule has 1 aliphatic heterocycles. The maximum absolute atomic E-state index is 6.00. The third-order valence-corrected chi connectivity index (χ3v) is 4.20. The summed E-state index contributed by atoms with van der Waals surface area (Å²) in [6, 6.07) is 14.1. The fourth-order valence-corrected chi connectivity index (χ4v) is 3.16. The Hall–Kier alpha value is -1.51. The molecule has 1 aliphatic rings. The molecular formula is C15H11ClOS. The van der Waals surface area contributed by atoms with Crippen molar-refractivity contribution in [2.45, 2.75) is 0 Å². The standard InChI is InChI=1S/C15H11ClOS/c1-10-15(11-5-3-2-4-6-11)12(9-17-10)13-7-8-14(16)18-13/h2-8H,1,9H2. The fraction of sp³-hybridized carbons (Fsp3) is 0.0667. The van der Waals surface area contributed by atoms with Gasteiger partial charge in [0.25, 0.3) is 0 Å². The number of rotatable bonds is 2. The molecule has 0 atom stereocenters. The summed E-state index contributed by atoms with van der Waals surface area (Å²) in [6.07, 6.45) is 0. The van der Waals surface area contributed by atoms with E-state index in [0.717, 1.165) is 26.1 Å². The molecular weight excluding hydrogens is 264 g/mol. The van der Waals surface area contributed by atoms with Crippen LogP contribution in [0.3, 0.4) is 0 Å². The highest BCUT2D eigenvalue weighted by molar-refractivity contribution is 7.17. The Labute approximate surface area is 115 Å². The van der Waals surface area contributed by atoms with E-state index in [9.17, 15) is 0 Å². The van der Waals surface area contributed by atoms with Crippen molar-refractivity contribution in [2.75, 3.05) is 6.61 Å². The first-order valence-corrected chi connectivity index (χ1v) is 6.81. The van der Waals surface area contributed by atoms with Crippen molar-refractivity contribution >= 4 is 34.1 Å². The number of thiophene rings is 1. The maximum atomic E-state index is 6.00. The van der Waals surface area contributed by atoms with Crippen molar-refractivity contribution in [3.8, 4) is 0 Å². The summed E-state index contributed by atoms with van der Waals surface area (Å²) in [5, 5.41) is 0. The number of hydrogen-bond donors (Lipinski definition) is 0. The predicted molar refractivity (Wildman–Crippen MR) is 77.7 cm³/mol. The highest BCUT2D eigenvalue weighted by Gasteiger charge is 2.23. The Morgan fingerprint density at radius 3 is 2.56 bits per heavy atom. The molecule has 3 rings (SSSR count). The van der Waals surface area contributed by atoms with E-state index >= 15 is 0 Å². The van der Waals surface area contributed by atoms with Crippen LogP contribution in [0.1, 0.15) is 10.4 Å². The van der Waals surface area contributed by atoms with Crippen LogP contribution < -0.4 is 0 Å². The van der Waals surface area contributed by atoms with Gasteiger partial charge in [0.2, 0.25) is 0 Å². The molecule has 0 radical (unpaired) electrons.